The Bertz CT molecular complexity index is 993. The first-order chi connectivity index (χ1) is 12.8. The van der Waals surface area contributed by atoms with E-state index in [1.165, 1.54) is 11.3 Å². The highest BCUT2D eigenvalue weighted by molar-refractivity contribution is 7.14. The van der Waals surface area contributed by atoms with E-state index in [4.69, 9.17) is 4.98 Å². The maximum absolute atomic E-state index is 12.0. The molecule has 0 unspecified atom stereocenters. The number of carbonyl (C=O) groups excluding carboxylic acids is 1. The van der Waals surface area contributed by atoms with Gasteiger partial charge in [-0.15, -0.1) is 22.7 Å². The van der Waals surface area contributed by atoms with E-state index in [2.05, 4.69) is 22.8 Å². The number of benzene rings is 2. The summed E-state index contributed by atoms with van der Waals surface area (Å²) in [4.78, 5) is 16.7. The summed E-state index contributed by atoms with van der Waals surface area (Å²) in [6, 6.07) is 21.3. The zero-order valence-electron chi connectivity index (χ0n) is 13.7. The minimum absolute atomic E-state index is 0.250. The number of rotatable bonds is 4. The van der Waals surface area contributed by atoms with Gasteiger partial charge in [0.05, 0.1) is 10.7 Å². The van der Waals surface area contributed by atoms with Gasteiger partial charge in [0, 0.05) is 22.2 Å². The summed E-state index contributed by atoms with van der Waals surface area (Å²) in [7, 11) is 0. The van der Waals surface area contributed by atoms with Crippen molar-refractivity contribution in [1.82, 2.24) is 4.98 Å². The number of thiazole rings is 1. The Morgan fingerprint density at radius 1 is 0.808 bits per heavy atom. The summed E-state index contributed by atoms with van der Waals surface area (Å²) < 4.78 is 0. The molecule has 0 saturated heterocycles. The molecule has 4 rings (SSSR count). The third kappa shape index (κ3) is 3.82. The van der Waals surface area contributed by atoms with E-state index in [1.807, 2.05) is 65.4 Å². The van der Waals surface area contributed by atoms with Crippen LogP contribution in [0.1, 0.15) is 0 Å². The highest BCUT2D eigenvalue weighted by Crippen LogP contribution is 2.29. The number of nitrogens with zero attached hydrogens (tertiary/aromatic N) is 1. The van der Waals surface area contributed by atoms with Crippen molar-refractivity contribution in [2.24, 2.45) is 0 Å². The number of anilines is 2. The lowest BCUT2D eigenvalue weighted by molar-refractivity contribution is 0.262. The minimum atomic E-state index is -0.250. The molecular formula is C20H15N3OS2. The van der Waals surface area contributed by atoms with E-state index >= 15 is 0 Å². The summed E-state index contributed by atoms with van der Waals surface area (Å²) >= 11 is 3.11. The van der Waals surface area contributed by atoms with Crippen molar-refractivity contribution in [1.29, 1.82) is 0 Å². The monoisotopic (exact) mass is 377 g/mol. The summed E-state index contributed by atoms with van der Waals surface area (Å²) in [6.45, 7) is 0. The van der Waals surface area contributed by atoms with Crippen LogP contribution in [0, 0.1) is 0 Å². The second-order valence-electron chi connectivity index (χ2n) is 5.54. The van der Waals surface area contributed by atoms with Gasteiger partial charge in [-0.25, -0.2) is 9.78 Å². The molecule has 2 amide bonds. The average Bonchev–Trinajstić information content (AvgIpc) is 3.35. The Kier molecular flexibility index (Phi) is 4.77. The molecule has 0 saturated carbocycles. The molecule has 0 atom stereocenters. The lowest BCUT2D eigenvalue weighted by Crippen LogP contribution is -2.18. The van der Waals surface area contributed by atoms with Crippen LogP contribution in [0.2, 0.25) is 0 Å². The first-order valence-corrected chi connectivity index (χ1v) is 9.77. The first-order valence-electron chi connectivity index (χ1n) is 8.01. The van der Waals surface area contributed by atoms with E-state index in [1.54, 1.807) is 11.3 Å². The van der Waals surface area contributed by atoms with Crippen LogP contribution in [0.25, 0.3) is 21.8 Å². The normalized spacial score (nSPS) is 10.5. The van der Waals surface area contributed by atoms with Crippen LogP contribution in [0.15, 0.2) is 77.5 Å². The van der Waals surface area contributed by atoms with E-state index in [-0.39, 0.29) is 6.03 Å². The van der Waals surface area contributed by atoms with Crippen molar-refractivity contribution >= 4 is 39.4 Å². The first kappa shape index (κ1) is 16.5. The molecule has 2 aromatic heterocycles. The fraction of sp³-hybridized carbons (Fsp3) is 0. The predicted molar refractivity (Wildman–Crippen MR) is 110 cm³/mol. The molecular weight excluding hydrogens is 362 g/mol. The van der Waals surface area contributed by atoms with Crippen molar-refractivity contribution in [2.75, 3.05) is 10.6 Å². The largest absolute Gasteiger partial charge is 0.324 e. The Labute approximate surface area is 159 Å². The number of carbonyl (C=O) groups is 1. The maximum Gasteiger partial charge on any atom is 0.324 e. The molecule has 4 aromatic rings. The lowest BCUT2D eigenvalue weighted by Gasteiger charge is -2.06. The third-order valence-electron chi connectivity index (χ3n) is 3.72. The number of hydrogen-bond acceptors (Lipinski definition) is 4. The van der Waals surface area contributed by atoms with Crippen LogP contribution in [0.4, 0.5) is 15.5 Å². The van der Waals surface area contributed by atoms with Crippen LogP contribution >= 0.6 is 22.7 Å². The molecule has 2 aromatic carbocycles. The second kappa shape index (κ2) is 7.51. The summed E-state index contributed by atoms with van der Waals surface area (Å²) in [6.07, 6.45) is 0. The van der Waals surface area contributed by atoms with Gasteiger partial charge in [-0.1, -0.05) is 42.5 Å². The average molecular weight is 377 g/mol. The van der Waals surface area contributed by atoms with Gasteiger partial charge < -0.3 is 5.32 Å². The predicted octanol–water partition coefficient (Wildman–Crippen LogP) is 6.18. The number of amides is 2. The van der Waals surface area contributed by atoms with Gasteiger partial charge in [-0.2, -0.15) is 0 Å². The molecule has 128 valence electrons. The fourth-order valence-electron chi connectivity index (χ4n) is 2.47. The van der Waals surface area contributed by atoms with E-state index in [0.29, 0.717) is 0 Å². The molecule has 2 heterocycles. The smallest absolute Gasteiger partial charge is 0.308 e. The standard InChI is InChI=1S/C20H15N3OS2/c24-20(23-18-7-4-12-25-18)21-16-10-8-14(9-11-16)17-13-26-19(22-17)15-5-2-1-3-6-15/h1-13H,(H2,21,23,24). The van der Waals surface area contributed by atoms with Gasteiger partial charge in [-0.3, -0.25) is 5.32 Å². The van der Waals surface area contributed by atoms with Crippen LogP contribution < -0.4 is 10.6 Å². The molecule has 0 fully saturated rings. The van der Waals surface area contributed by atoms with Gasteiger partial charge >= 0.3 is 6.03 Å². The van der Waals surface area contributed by atoms with Gasteiger partial charge in [-0.05, 0) is 29.6 Å². The highest BCUT2D eigenvalue weighted by atomic mass is 32.1. The Morgan fingerprint density at radius 3 is 2.35 bits per heavy atom. The number of thiophene rings is 1. The molecule has 0 aliphatic carbocycles. The Balaban J connectivity index is 1.44. The molecule has 0 radical (unpaired) electrons. The number of hydrogen-bond donors (Lipinski definition) is 2. The van der Waals surface area contributed by atoms with Crippen LogP contribution in [0.3, 0.4) is 0 Å². The van der Waals surface area contributed by atoms with E-state index in [9.17, 15) is 4.79 Å². The quantitative estimate of drug-likeness (QED) is 0.446. The van der Waals surface area contributed by atoms with Crippen LogP contribution in [0.5, 0.6) is 0 Å². The lowest BCUT2D eigenvalue weighted by atomic mass is 10.1. The molecule has 4 nitrogen and oxygen atoms in total. The van der Waals surface area contributed by atoms with Gasteiger partial charge in [0.1, 0.15) is 5.01 Å². The highest BCUT2D eigenvalue weighted by Gasteiger charge is 2.07. The van der Waals surface area contributed by atoms with Crippen LogP contribution in [-0.2, 0) is 0 Å². The molecule has 0 aliphatic rings. The Hall–Kier alpha value is -2.96. The summed E-state index contributed by atoms with van der Waals surface area (Å²) in [5.41, 5.74) is 3.81. The summed E-state index contributed by atoms with van der Waals surface area (Å²) in [5.74, 6) is 0. The topological polar surface area (TPSA) is 54.0 Å². The molecule has 6 heteroatoms. The number of nitrogens with one attached hydrogen (secondary N) is 2. The molecule has 0 spiro atoms. The van der Waals surface area contributed by atoms with Crippen molar-refractivity contribution in [3.8, 4) is 21.8 Å². The number of aromatic nitrogens is 1. The van der Waals surface area contributed by atoms with Crippen molar-refractivity contribution in [2.45, 2.75) is 0 Å². The van der Waals surface area contributed by atoms with Gasteiger partial charge in [0.15, 0.2) is 0 Å². The van der Waals surface area contributed by atoms with E-state index < -0.39 is 0 Å². The Morgan fingerprint density at radius 2 is 1.62 bits per heavy atom. The molecule has 26 heavy (non-hydrogen) atoms. The van der Waals surface area contributed by atoms with Crippen molar-refractivity contribution in [3.63, 3.8) is 0 Å². The maximum atomic E-state index is 12.0. The second-order valence-corrected chi connectivity index (χ2v) is 7.34. The zero-order chi connectivity index (χ0) is 17.8. The summed E-state index contributed by atoms with van der Waals surface area (Å²) in [5, 5.41) is 11.4. The fourth-order valence-corrected chi connectivity index (χ4v) is 3.92. The molecule has 2 N–H and O–H groups in total. The molecule has 0 aliphatic heterocycles. The van der Waals surface area contributed by atoms with Crippen LogP contribution in [-0.4, -0.2) is 11.0 Å². The number of urea groups is 1. The van der Waals surface area contributed by atoms with Gasteiger partial charge in [0.25, 0.3) is 0 Å². The molecule has 0 bridgehead atoms. The van der Waals surface area contributed by atoms with E-state index in [0.717, 1.165) is 32.5 Å². The third-order valence-corrected chi connectivity index (χ3v) is 5.40. The van der Waals surface area contributed by atoms with Crippen molar-refractivity contribution in [3.05, 3.63) is 77.5 Å². The minimum Gasteiger partial charge on any atom is -0.308 e. The van der Waals surface area contributed by atoms with Gasteiger partial charge in [0.2, 0.25) is 0 Å². The van der Waals surface area contributed by atoms with Crippen molar-refractivity contribution < 1.29 is 4.79 Å². The zero-order valence-corrected chi connectivity index (χ0v) is 15.3. The SMILES string of the molecule is O=C(Nc1ccc(-c2csc(-c3ccccc3)n2)cc1)Nc1cccs1.